The molecule has 0 spiro atoms. The molecular weight excluding hydrogens is 442 g/mol. The highest BCUT2D eigenvalue weighted by Crippen LogP contribution is 2.34. The number of benzene rings is 3. The lowest BCUT2D eigenvalue weighted by molar-refractivity contribution is -0.123. The van der Waals surface area contributed by atoms with Crippen LogP contribution in [0.2, 0.25) is 5.02 Å². The molecular formula is C26H20ClNO5. The SMILES string of the molecule is CCc1ccc(NC(=O)[C@@H](C)OC(=O)c2ccc3c(c2Cl)C(=O)c2ccccc2C3=O)cc1. The first-order valence-electron chi connectivity index (χ1n) is 10.4. The molecule has 0 saturated heterocycles. The maximum atomic E-state index is 13.0. The molecule has 0 unspecified atom stereocenters. The van der Waals surface area contributed by atoms with Crippen LogP contribution in [-0.2, 0) is 16.0 Å². The summed E-state index contributed by atoms with van der Waals surface area (Å²) in [5.41, 5.74) is 2.22. The average molecular weight is 462 g/mol. The molecule has 0 heterocycles. The van der Waals surface area contributed by atoms with Gasteiger partial charge in [-0.1, -0.05) is 54.9 Å². The van der Waals surface area contributed by atoms with E-state index >= 15 is 0 Å². The minimum atomic E-state index is -1.12. The zero-order valence-electron chi connectivity index (χ0n) is 18.0. The van der Waals surface area contributed by atoms with Gasteiger partial charge in [-0.05, 0) is 43.2 Å². The fraction of sp³-hybridized carbons (Fsp3) is 0.154. The number of hydrogen-bond donors (Lipinski definition) is 1. The van der Waals surface area contributed by atoms with E-state index in [9.17, 15) is 19.2 Å². The number of anilines is 1. The number of aryl methyl sites for hydroxylation is 1. The van der Waals surface area contributed by atoms with Gasteiger partial charge in [0.05, 0.1) is 16.1 Å². The fourth-order valence-corrected chi connectivity index (χ4v) is 3.98. The molecule has 3 aromatic carbocycles. The first-order valence-corrected chi connectivity index (χ1v) is 10.8. The maximum Gasteiger partial charge on any atom is 0.340 e. The molecule has 0 aliphatic heterocycles. The molecule has 6 nitrogen and oxygen atoms in total. The number of halogens is 1. The predicted molar refractivity (Wildman–Crippen MR) is 124 cm³/mol. The minimum absolute atomic E-state index is 0.0389. The second-order valence-electron chi connectivity index (χ2n) is 7.64. The monoisotopic (exact) mass is 461 g/mol. The Morgan fingerprint density at radius 3 is 2.18 bits per heavy atom. The van der Waals surface area contributed by atoms with E-state index in [1.807, 2.05) is 19.1 Å². The van der Waals surface area contributed by atoms with Crippen LogP contribution in [0.3, 0.4) is 0 Å². The van der Waals surface area contributed by atoms with E-state index in [0.29, 0.717) is 11.3 Å². The lowest BCUT2D eigenvalue weighted by Crippen LogP contribution is -2.30. The molecule has 4 rings (SSSR count). The number of amides is 1. The molecule has 0 fully saturated rings. The summed E-state index contributed by atoms with van der Waals surface area (Å²) in [6.45, 7) is 3.47. The van der Waals surface area contributed by atoms with Gasteiger partial charge in [0.15, 0.2) is 17.7 Å². The molecule has 1 amide bonds. The lowest BCUT2D eigenvalue weighted by Gasteiger charge is -2.20. The summed E-state index contributed by atoms with van der Waals surface area (Å²) in [5, 5.41) is 2.52. The van der Waals surface area contributed by atoms with E-state index in [0.717, 1.165) is 12.0 Å². The van der Waals surface area contributed by atoms with Gasteiger partial charge in [-0.25, -0.2) is 4.79 Å². The van der Waals surface area contributed by atoms with E-state index in [2.05, 4.69) is 5.32 Å². The Morgan fingerprint density at radius 1 is 0.909 bits per heavy atom. The zero-order valence-corrected chi connectivity index (χ0v) is 18.7. The quantitative estimate of drug-likeness (QED) is 0.428. The van der Waals surface area contributed by atoms with Crippen LogP contribution in [0.4, 0.5) is 5.69 Å². The Balaban J connectivity index is 1.53. The van der Waals surface area contributed by atoms with Crippen LogP contribution in [0.1, 0.15) is 61.6 Å². The van der Waals surface area contributed by atoms with Crippen molar-refractivity contribution in [2.75, 3.05) is 5.32 Å². The molecule has 1 aliphatic rings. The third-order valence-electron chi connectivity index (χ3n) is 5.53. The molecule has 1 aliphatic carbocycles. The molecule has 0 radical (unpaired) electrons. The summed E-state index contributed by atoms with van der Waals surface area (Å²) in [5.74, 6) is -2.17. The summed E-state index contributed by atoms with van der Waals surface area (Å²) >= 11 is 6.40. The van der Waals surface area contributed by atoms with Crippen molar-refractivity contribution in [1.82, 2.24) is 0 Å². The number of carbonyl (C=O) groups excluding carboxylic acids is 4. The van der Waals surface area contributed by atoms with Crippen molar-refractivity contribution in [3.8, 4) is 0 Å². The van der Waals surface area contributed by atoms with Crippen molar-refractivity contribution < 1.29 is 23.9 Å². The first-order chi connectivity index (χ1) is 15.8. The summed E-state index contributed by atoms with van der Waals surface area (Å²) in [6, 6.07) is 16.5. The maximum absolute atomic E-state index is 13.0. The highest BCUT2D eigenvalue weighted by Gasteiger charge is 2.33. The summed E-state index contributed by atoms with van der Waals surface area (Å²) in [6.07, 6.45) is -0.239. The number of ether oxygens (including phenoxy) is 1. The van der Waals surface area contributed by atoms with Crippen molar-refractivity contribution in [1.29, 1.82) is 0 Å². The Kier molecular flexibility index (Phi) is 6.11. The second-order valence-corrected chi connectivity index (χ2v) is 8.02. The highest BCUT2D eigenvalue weighted by molar-refractivity contribution is 6.41. The van der Waals surface area contributed by atoms with Gasteiger partial charge >= 0.3 is 5.97 Å². The van der Waals surface area contributed by atoms with Gasteiger partial charge < -0.3 is 10.1 Å². The smallest absolute Gasteiger partial charge is 0.340 e. The number of hydrogen-bond acceptors (Lipinski definition) is 5. The van der Waals surface area contributed by atoms with E-state index in [1.54, 1.807) is 36.4 Å². The third kappa shape index (κ3) is 4.17. The standard InChI is InChI=1S/C26H20ClNO5/c1-3-15-8-10-16(11-9-15)28-25(31)14(2)33-26(32)20-13-12-19-21(22(20)27)24(30)18-7-5-4-6-17(18)23(19)29/h4-14H,3H2,1-2H3,(H,28,31)/t14-/m1/s1. The van der Waals surface area contributed by atoms with Gasteiger partial charge in [0, 0.05) is 22.4 Å². The second kappa shape index (κ2) is 9.00. The minimum Gasteiger partial charge on any atom is -0.449 e. The van der Waals surface area contributed by atoms with Crippen LogP contribution < -0.4 is 5.32 Å². The Labute approximate surface area is 195 Å². The molecule has 33 heavy (non-hydrogen) atoms. The first kappa shape index (κ1) is 22.4. The normalized spacial score (nSPS) is 13.1. The number of ketones is 2. The van der Waals surface area contributed by atoms with Crippen molar-refractivity contribution in [2.24, 2.45) is 0 Å². The van der Waals surface area contributed by atoms with Crippen LogP contribution in [0.25, 0.3) is 0 Å². The van der Waals surface area contributed by atoms with Gasteiger partial charge in [-0.2, -0.15) is 0 Å². The van der Waals surface area contributed by atoms with E-state index in [-0.39, 0.29) is 33.1 Å². The van der Waals surface area contributed by atoms with E-state index in [1.165, 1.54) is 19.1 Å². The summed E-state index contributed by atoms with van der Waals surface area (Å²) in [4.78, 5) is 51.0. The van der Waals surface area contributed by atoms with Gasteiger partial charge in [0.1, 0.15) is 0 Å². The van der Waals surface area contributed by atoms with Gasteiger partial charge in [0.2, 0.25) is 0 Å². The summed E-state index contributed by atoms with van der Waals surface area (Å²) in [7, 11) is 0. The summed E-state index contributed by atoms with van der Waals surface area (Å²) < 4.78 is 5.29. The zero-order chi connectivity index (χ0) is 23.7. The Morgan fingerprint density at radius 2 is 1.55 bits per heavy atom. The average Bonchev–Trinajstić information content (AvgIpc) is 2.82. The molecule has 1 atom stereocenters. The topological polar surface area (TPSA) is 89.5 Å². The molecule has 1 N–H and O–H groups in total. The number of esters is 1. The van der Waals surface area contributed by atoms with E-state index < -0.39 is 23.8 Å². The largest absolute Gasteiger partial charge is 0.449 e. The Hall–Kier alpha value is -3.77. The van der Waals surface area contributed by atoms with Crippen molar-refractivity contribution in [2.45, 2.75) is 26.4 Å². The van der Waals surface area contributed by atoms with Crippen LogP contribution >= 0.6 is 11.6 Å². The molecule has 0 bridgehead atoms. The van der Waals surface area contributed by atoms with Crippen LogP contribution in [-0.4, -0.2) is 29.5 Å². The number of rotatable bonds is 5. The number of nitrogens with one attached hydrogen (secondary N) is 1. The fourth-order valence-electron chi connectivity index (χ4n) is 3.65. The van der Waals surface area contributed by atoms with Crippen LogP contribution in [0.15, 0.2) is 60.7 Å². The molecule has 7 heteroatoms. The molecule has 0 aromatic heterocycles. The van der Waals surface area contributed by atoms with Crippen molar-refractivity contribution in [3.63, 3.8) is 0 Å². The number of carbonyl (C=O) groups is 4. The van der Waals surface area contributed by atoms with Crippen molar-refractivity contribution in [3.05, 3.63) is 99.1 Å². The third-order valence-corrected chi connectivity index (χ3v) is 5.93. The molecule has 3 aromatic rings. The molecule has 0 saturated carbocycles. The van der Waals surface area contributed by atoms with Gasteiger partial charge in [-0.15, -0.1) is 0 Å². The number of fused-ring (bicyclic) bond motifs is 2. The van der Waals surface area contributed by atoms with Crippen LogP contribution in [0.5, 0.6) is 0 Å². The highest BCUT2D eigenvalue weighted by atomic mass is 35.5. The Bertz CT molecular complexity index is 1300. The molecule has 166 valence electrons. The van der Waals surface area contributed by atoms with Gasteiger partial charge in [0.25, 0.3) is 5.91 Å². The van der Waals surface area contributed by atoms with Gasteiger partial charge in [-0.3, -0.25) is 14.4 Å². The van der Waals surface area contributed by atoms with E-state index in [4.69, 9.17) is 16.3 Å². The lowest BCUT2D eigenvalue weighted by atomic mass is 9.83. The van der Waals surface area contributed by atoms with Crippen molar-refractivity contribution >= 4 is 40.7 Å². The van der Waals surface area contributed by atoms with Crippen LogP contribution in [0, 0.1) is 0 Å². The predicted octanol–water partition coefficient (Wildman–Crippen LogP) is 4.86.